The first-order valence-corrected chi connectivity index (χ1v) is 9.17. The van der Waals surface area contributed by atoms with Crippen LogP contribution in [0.1, 0.15) is 19.3 Å². The van der Waals surface area contributed by atoms with Crippen molar-refractivity contribution in [2.24, 2.45) is 11.5 Å². The van der Waals surface area contributed by atoms with E-state index in [-0.39, 0.29) is 5.75 Å². The third kappa shape index (κ3) is 10.0. The SMILES string of the molecule is NC(=O)CC(NC(=O)C(N)CS)C(=O)NC(CO)C(=O)NC(CCC(=O)O)C(=O)O. The third-order valence-electron chi connectivity index (χ3n) is 3.65. The molecule has 10 N–H and O–H groups in total. The zero-order valence-corrected chi connectivity index (χ0v) is 16.6. The molecule has 0 spiro atoms. The molecule has 30 heavy (non-hydrogen) atoms. The number of thiol groups is 1. The van der Waals surface area contributed by atoms with Crippen LogP contribution in [-0.4, -0.2) is 87.4 Å². The monoisotopic (exact) mass is 451 g/mol. The van der Waals surface area contributed by atoms with Crippen LogP contribution in [0, 0.1) is 0 Å². The molecule has 0 heterocycles. The Morgan fingerprint density at radius 3 is 1.80 bits per heavy atom. The zero-order valence-electron chi connectivity index (χ0n) is 15.7. The molecule has 0 bridgehead atoms. The molecule has 0 fully saturated rings. The van der Waals surface area contributed by atoms with Crippen molar-refractivity contribution in [3.63, 3.8) is 0 Å². The van der Waals surface area contributed by atoms with Crippen LogP contribution in [-0.2, 0) is 28.8 Å². The van der Waals surface area contributed by atoms with Gasteiger partial charge in [-0.1, -0.05) is 0 Å². The number of carboxylic acid groups (broad SMARTS) is 2. The van der Waals surface area contributed by atoms with Gasteiger partial charge in [0.1, 0.15) is 18.1 Å². The van der Waals surface area contributed by atoms with Crippen LogP contribution >= 0.6 is 12.6 Å². The van der Waals surface area contributed by atoms with E-state index >= 15 is 0 Å². The molecule has 0 aliphatic carbocycles. The van der Waals surface area contributed by atoms with E-state index in [1.54, 1.807) is 0 Å². The van der Waals surface area contributed by atoms with Gasteiger partial charge in [-0.2, -0.15) is 12.6 Å². The Balaban J connectivity index is 5.20. The van der Waals surface area contributed by atoms with Crippen molar-refractivity contribution in [1.82, 2.24) is 16.0 Å². The molecule has 4 unspecified atom stereocenters. The Bertz CT molecular complexity index is 675. The lowest BCUT2D eigenvalue weighted by molar-refractivity contribution is -0.143. The summed E-state index contributed by atoms with van der Waals surface area (Å²) in [6.45, 7) is -0.962. The van der Waals surface area contributed by atoms with Gasteiger partial charge in [0.05, 0.1) is 19.1 Å². The molecule has 0 rings (SSSR count). The van der Waals surface area contributed by atoms with E-state index in [0.29, 0.717) is 0 Å². The highest BCUT2D eigenvalue weighted by molar-refractivity contribution is 7.80. The molecule has 4 amide bonds. The highest BCUT2D eigenvalue weighted by Crippen LogP contribution is 2.01. The maximum atomic E-state index is 12.4. The first kappa shape index (κ1) is 27.1. The minimum absolute atomic E-state index is 0.0642. The second kappa shape index (κ2) is 13.3. The number of rotatable bonds is 14. The topological polar surface area (TPSA) is 251 Å². The summed E-state index contributed by atoms with van der Waals surface area (Å²) in [6.07, 6.45) is -1.64. The maximum Gasteiger partial charge on any atom is 0.326 e. The highest BCUT2D eigenvalue weighted by Gasteiger charge is 2.30. The Kier molecular flexibility index (Phi) is 12.0. The first-order chi connectivity index (χ1) is 13.9. The summed E-state index contributed by atoms with van der Waals surface area (Å²) in [4.78, 5) is 69.3. The number of aliphatic hydroxyl groups is 1. The van der Waals surface area contributed by atoms with Gasteiger partial charge >= 0.3 is 11.9 Å². The van der Waals surface area contributed by atoms with Gasteiger partial charge in [0.2, 0.25) is 23.6 Å². The smallest absolute Gasteiger partial charge is 0.326 e. The van der Waals surface area contributed by atoms with E-state index in [0.717, 1.165) is 0 Å². The van der Waals surface area contributed by atoms with Gasteiger partial charge in [-0.05, 0) is 6.42 Å². The van der Waals surface area contributed by atoms with Crippen molar-refractivity contribution in [2.75, 3.05) is 12.4 Å². The Morgan fingerprint density at radius 2 is 1.37 bits per heavy atom. The quantitative estimate of drug-likeness (QED) is 0.114. The predicted octanol–water partition coefficient (Wildman–Crippen LogP) is -4.48. The first-order valence-electron chi connectivity index (χ1n) is 8.54. The fourth-order valence-electron chi connectivity index (χ4n) is 2.04. The van der Waals surface area contributed by atoms with Crippen LogP contribution in [0.15, 0.2) is 0 Å². The average molecular weight is 451 g/mol. The third-order valence-corrected chi connectivity index (χ3v) is 4.04. The summed E-state index contributed by atoms with van der Waals surface area (Å²) in [5.41, 5.74) is 10.5. The number of aliphatic carboxylic acids is 2. The number of hydrogen-bond acceptors (Lipinski definition) is 9. The molecule has 0 saturated heterocycles. The van der Waals surface area contributed by atoms with Crippen LogP contribution in [0.4, 0.5) is 0 Å². The molecule has 15 heteroatoms. The van der Waals surface area contributed by atoms with E-state index in [9.17, 15) is 33.9 Å². The van der Waals surface area contributed by atoms with Gasteiger partial charge in [-0.15, -0.1) is 0 Å². The van der Waals surface area contributed by atoms with Crippen LogP contribution < -0.4 is 27.4 Å². The summed E-state index contributed by atoms with van der Waals surface area (Å²) < 4.78 is 0. The van der Waals surface area contributed by atoms with E-state index in [1.165, 1.54) is 0 Å². The van der Waals surface area contributed by atoms with Crippen molar-refractivity contribution in [3.8, 4) is 0 Å². The number of primary amides is 1. The van der Waals surface area contributed by atoms with Gasteiger partial charge in [0, 0.05) is 12.2 Å². The zero-order chi connectivity index (χ0) is 23.4. The van der Waals surface area contributed by atoms with Crippen molar-refractivity contribution >= 4 is 48.2 Å². The summed E-state index contributed by atoms with van der Waals surface area (Å²) in [7, 11) is 0. The summed E-state index contributed by atoms with van der Waals surface area (Å²) in [6, 6.07) is -5.87. The molecule has 14 nitrogen and oxygen atoms in total. The van der Waals surface area contributed by atoms with Crippen LogP contribution in [0.2, 0.25) is 0 Å². The summed E-state index contributed by atoms with van der Waals surface area (Å²) in [5.74, 6) is -6.85. The molecule has 0 aliphatic heterocycles. The number of carbonyl (C=O) groups is 6. The maximum absolute atomic E-state index is 12.4. The number of nitrogens with one attached hydrogen (secondary N) is 3. The second-order valence-corrected chi connectivity index (χ2v) is 6.46. The number of carboxylic acids is 2. The highest BCUT2D eigenvalue weighted by atomic mass is 32.1. The largest absolute Gasteiger partial charge is 0.481 e. The lowest BCUT2D eigenvalue weighted by Gasteiger charge is -2.23. The van der Waals surface area contributed by atoms with Gasteiger partial charge in [0.25, 0.3) is 0 Å². The molecule has 0 aromatic rings. The normalized spacial score (nSPS) is 14.5. The van der Waals surface area contributed by atoms with Crippen LogP contribution in [0.5, 0.6) is 0 Å². The predicted molar refractivity (Wildman–Crippen MR) is 103 cm³/mol. The average Bonchev–Trinajstić information content (AvgIpc) is 2.66. The standard InChI is InChI=1S/C15H25N5O9S/c16-6(5-30)12(25)19-8(3-10(17)22)13(26)20-9(4-21)14(27)18-7(15(28)29)1-2-11(23)24/h6-9,21,30H,1-5,16H2,(H2,17,22)(H,18,27)(H,19,25)(H,20,26)(H,23,24)(H,28,29). The molecule has 4 atom stereocenters. The lowest BCUT2D eigenvalue weighted by atomic mass is 10.1. The van der Waals surface area contributed by atoms with E-state index in [1.807, 2.05) is 5.32 Å². The fraction of sp³-hybridized carbons (Fsp3) is 0.600. The number of hydrogen-bond donors (Lipinski definition) is 9. The molecule has 0 radical (unpaired) electrons. The van der Waals surface area contributed by atoms with Gasteiger partial charge < -0.3 is 42.7 Å². The molecular weight excluding hydrogens is 426 g/mol. The minimum Gasteiger partial charge on any atom is -0.481 e. The number of amides is 4. The summed E-state index contributed by atoms with van der Waals surface area (Å²) >= 11 is 3.83. The minimum atomic E-state index is -1.66. The van der Waals surface area contributed by atoms with E-state index in [2.05, 4.69) is 23.3 Å². The Labute approximate surface area is 176 Å². The summed E-state index contributed by atoms with van der Waals surface area (Å²) in [5, 5.41) is 33.2. The molecular formula is C15H25N5O9S. The molecule has 0 aromatic heterocycles. The van der Waals surface area contributed by atoms with Crippen molar-refractivity contribution in [2.45, 2.75) is 43.4 Å². The fourth-order valence-corrected chi connectivity index (χ4v) is 2.20. The lowest BCUT2D eigenvalue weighted by Crippen LogP contribution is -2.58. The van der Waals surface area contributed by atoms with Crippen molar-refractivity contribution < 1.29 is 44.1 Å². The number of aliphatic hydroxyl groups excluding tert-OH is 1. The Morgan fingerprint density at radius 1 is 0.867 bits per heavy atom. The van der Waals surface area contributed by atoms with Crippen LogP contribution in [0.25, 0.3) is 0 Å². The van der Waals surface area contributed by atoms with Crippen LogP contribution in [0.3, 0.4) is 0 Å². The second-order valence-electron chi connectivity index (χ2n) is 6.10. The van der Waals surface area contributed by atoms with Crippen molar-refractivity contribution in [1.29, 1.82) is 0 Å². The van der Waals surface area contributed by atoms with Crippen molar-refractivity contribution in [3.05, 3.63) is 0 Å². The molecule has 170 valence electrons. The molecule has 0 aliphatic rings. The number of carbonyl (C=O) groups excluding carboxylic acids is 4. The van der Waals surface area contributed by atoms with Gasteiger partial charge in [0.15, 0.2) is 0 Å². The van der Waals surface area contributed by atoms with Gasteiger partial charge in [-0.3, -0.25) is 24.0 Å². The van der Waals surface area contributed by atoms with Gasteiger partial charge in [-0.25, -0.2) is 4.79 Å². The Hall–Kier alpha value is -2.91. The molecule has 0 aromatic carbocycles. The van der Waals surface area contributed by atoms with E-state index in [4.69, 9.17) is 21.7 Å². The number of nitrogens with two attached hydrogens (primary N) is 2. The molecule has 0 saturated carbocycles. The van der Waals surface area contributed by atoms with E-state index < -0.39 is 85.6 Å².